The third kappa shape index (κ3) is 5.60. The molecule has 3 rings (SSSR count). The summed E-state index contributed by atoms with van der Waals surface area (Å²) in [5, 5.41) is 0.0596. The van der Waals surface area contributed by atoms with Gasteiger partial charge < -0.3 is 19.1 Å². The van der Waals surface area contributed by atoms with E-state index < -0.39 is 12.9 Å². The number of carbonyl (C=O) groups is 1. The number of hydrogen-bond acceptors (Lipinski definition) is 4. The largest absolute Gasteiger partial charge is 0.790 e. The van der Waals surface area contributed by atoms with Crippen LogP contribution < -0.4 is 15.1 Å². The number of carbonyl (C=O) groups excluding carboxylic acids is 1. The monoisotopic (exact) mass is 389 g/mol. The van der Waals surface area contributed by atoms with Gasteiger partial charge in [-0.15, -0.1) is 0 Å². The van der Waals surface area contributed by atoms with Crippen molar-refractivity contribution in [3.63, 3.8) is 0 Å². The minimum atomic E-state index is -4.32. The molecular formula is C21H28NO4P. The van der Waals surface area contributed by atoms with E-state index in [9.17, 15) is 14.3 Å². The summed E-state index contributed by atoms with van der Waals surface area (Å²) in [5.41, 5.74) is 1.88. The van der Waals surface area contributed by atoms with Crippen LogP contribution in [0.2, 0.25) is 0 Å². The molecule has 146 valence electrons. The van der Waals surface area contributed by atoms with Crippen molar-refractivity contribution in [1.82, 2.24) is 0 Å². The molecule has 0 amide bonds. The summed E-state index contributed by atoms with van der Waals surface area (Å²) >= 11 is 0. The smallest absolute Gasteiger partial charge is 0.212 e. The molecule has 0 bridgehead atoms. The summed E-state index contributed by atoms with van der Waals surface area (Å²) in [6.45, 7) is 9.70. The lowest BCUT2D eigenvalue weighted by Gasteiger charge is -2.24. The van der Waals surface area contributed by atoms with Crippen LogP contribution in [0.4, 0.5) is 0 Å². The minimum absolute atomic E-state index is 0.0596. The van der Waals surface area contributed by atoms with E-state index >= 15 is 0 Å². The molecular weight excluding hydrogens is 361 g/mol. The molecule has 0 saturated carbocycles. The average Bonchev–Trinajstić information content (AvgIpc) is 2.62. The van der Waals surface area contributed by atoms with Gasteiger partial charge in [0.15, 0.2) is 0 Å². The predicted octanol–water partition coefficient (Wildman–Crippen LogP) is 1.25. The lowest BCUT2D eigenvalue weighted by Crippen LogP contribution is -3.11. The van der Waals surface area contributed by atoms with Crippen LogP contribution in [-0.4, -0.2) is 38.9 Å². The maximum atomic E-state index is 12.4. The summed E-state index contributed by atoms with van der Waals surface area (Å²) in [4.78, 5) is 26.4. The summed E-state index contributed by atoms with van der Waals surface area (Å²) in [5.74, 6) is 0. The summed E-state index contributed by atoms with van der Waals surface area (Å²) in [6, 6.07) is 11.5. The van der Waals surface area contributed by atoms with Gasteiger partial charge in [-0.1, -0.05) is 48.0 Å². The average molecular weight is 389 g/mol. The highest BCUT2D eigenvalue weighted by molar-refractivity contribution is 7.81. The standard InChI is InChI=1S/C16H17O3P.C5H11NO/c1-11-9-12(2)15(13(3)10-11)16(17)20(18,19)14-7-5-4-6-8-14;1-6-2-4-7-5-3-6/h4-10H,1-3H3,(H,18,19);2-5H2,1H3. The van der Waals surface area contributed by atoms with Gasteiger partial charge in [-0.2, -0.15) is 0 Å². The first kappa shape index (κ1) is 21.5. The van der Waals surface area contributed by atoms with Crippen LogP contribution in [0.1, 0.15) is 27.0 Å². The number of hydrogen-bond donors (Lipinski definition) is 1. The van der Waals surface area contributed by atoms with Gasteiger partial charge in [-0.05, 0) is 31.9 Å². The van der Waals surface area contributed by atoms with Crippen LogP contribution in [-0.2, 0) is 9.30 Å². The molecule has 6 heteroatoms. The number of nitrogens with one attached hydrogen (secondary N) is 1. The van der Waals surface area contributed by atoms with Crippen molar-refractivity contribution in [2.75, 3.05) is 33.4 Å². The van der Waals surface area contributed by atoms with Gasteiger partial charge in [-0.25, -0.2) is 0 Å². The number of rotatable bonds is 3. The van der Waals surface area contributed by atoms with E-state index in [0.717, 1.165) is 18.8 Å². The molecule has 1 aliphatic heterocycles. The molecule has 1 unspecified atom stereocenters. The molecule has 1 fully saturated rings. The molecule has 1 saturated heterocycles. The Balaban J connectivity index is 0.000000313. The zero-order valence-corrected chi connectivity index (χ0v) is 17.3. The van der Waals surface area contributed by atoms with Crippen molar-refractivity contribution in [2.24, 2.45) is 0 Å². The van der Waals surface area contributed by atoms with Crippen molar-refractivity contribution < 1.29 is 23.9 Å². The van der Waals surface area contributed by atoms with E-state index in [4.69, 9.17) is 4.74 Å². The highest BCUT2D eigenvalue weighted by Crippen LogP contribution is 2.40. The fraction of sp³-hybridized carbons (Fsp3) is 0.381. The van der Waals surface area contributed by atoms with Crippen molar-refractivity contribution in [3.8, 4) is 0 Å². The van der Waals surface area contributed by atoms with Gasteiger partial charge in [0.1, 0.15) is 20.5 Å². The van der Waals surface area contributed by atoms with Crippen LogP contribution in [0.3, 0.4) is 0 Å². The van der Waals surface area contributed by atoms with Crippen LogP contribution >= 0.6 is 7.37 Å². The quantitative estimate of drug-likeness (QED) is 0.802. The topological polar surface area (TPSA) is 70.9 Å². The summed E-state index contributed by atoms with van der Waals surface area (Å²) in [7, 11) is -2.12. The van der Waals surface area contributed by atoms with Crippen LogP contribution in [0.25, 0.3) is 0 Å². The third-order valence-corrected chi connectivity index (χ3v) is 6.34. The molecule has 0 spiro atoms. The van der Waals surface area contributed by atoms with E-state index in [2.05, 4.69) is 7.05 Å². The molecule has 0 aromatic heterocycles. The van der Waals surface area contributed by atoms with Gasteiger partial charge in [0.05, 0.1) is 20.3 Å². The molecule has 1 atom stereocenters. The Bertz CT molecular complexity index is 806. The van der Waals surface area contributed by atoms with Gasteiger partial charge in [0.25, 0.3) is 0 Å². The molecule has 1 heterocycles. The Kier molecular flexibility index (Phi) is 7.51. The molecule has 0 aliphatic carbocycles. The molecule has 1 N–H and O–H groups in total. The van der Waals surface area contributed by atoms with E-state index in [-0.39, 0.29) is 10.9 Å². The summed E-state index contributed by atoms with van der Waals surface area (Å²) in [6.07, 6.45) is 0. The van der Waals surface area contributed by atoms with Gasteiger partial charge in [0.2, 0.25) is 5.52 Å². The zero-order chi connectivity index (χ0) is 20.0. The highest BCUT2D eigenvalue weighted by Gasteiger charge is 2.25. The van der Waals surface area contributed by atoms with Gasteiger partial charge in [0, 0.05) is 10.9 Å². The van der Waals surface area contributed by atoms with Gasteiger partial charge in [-0.3, -0.25) is 4.79 Å². The van der Waals surface area contributed by atoms with E-state index in [0.29, 0.717) is 11.1 Å². The molecule has 2 aromatic rings. The second kappa shape index (κ2) is 9.43. The number of ether oxygens (including phenoxy) is 1. The highest BCUT2D eigenvalue weighted by atomic mass is 31.2. The van der Waals surface area contributed by atoms with Crippen molar-refractivity contribution in [2.45, 2.75) is 20.8 Å². The van der Waals surface area contributed by atoms with Crippen LogP contribution in [0.5, 0.6) is 0 Å². The Morgan fingerprint density at radius 2 is 1.56 bits per heavy atom. The summed E-state index contributed by atoms with van der Waals surface area (Å²) < 4.78 is 17.5. The van der Waals surface area contributed by atoms with Crippen LogP contribution in [0.15, 0.2) is 42.5 Å². The van der Waals surface area contributed by atoms with Gasteiger partial charge >= 0.3 is 0 Å². The van der Waals surface area contributed by atoms with E-state index in [1.54, 1.807) is 36.9 Å². The number of quaternary nitrogens is 1. The number of aryl methyl sites for hydroxylation is 3. The number of morpholine rings is 1. The Morgan fingerprint density at radius 1 is 1.04 bits per heavy atom. The Hall–Kier alpha value is -1.78. The Labute approximate surface area is 161 Å². The lowest BCUT2D eigenvalue weighted by molar-refractivity contribution is -0.888. The predicted molar refractivity (Wildman–Crippen MR) is 106 cm³/mol. The van der Waals surface area contributed by atoms with Crippen molar-refractivity contribution in [1.29, 1.82) is 0 Å². The zero-order valence-electron chi connectivity index (χ0n) is 16.5. The van der Waals surface area contributed by atoms with E-state index in [1.807, 2.05) is 19.1 Å². The molecule has 5 nitrogen and oxygen atoms in total. The normalized spacial score (nSPS) is 16.8. The third-order valence-electron chi connectivity index (χ3n) is 4.60. The molecule has 2 aromatic carbocycles. The Morgan fingerprint density at radius 3 is 2.00 bits per heavy atom. The number of benzene rings is 2. The SMILES string of the molecule is C[NH+]1CCOCC1.Cc1cc(C)c(C(=O)P(=O)([O-])c2ccccc2)c(C)c1. The first-order valence-corrected chi connectivity index (χ1v) is 10.7. The lowest BCUT2D eigenvalue weighted by atomic mass is 10.0. The maximum Gasteiger partial charge on any atom is 0.212 e. The van der Waals surface area contributed by atoms with Crippen molar-refractivity contribution in [3.05, 3.63) is 64.7 Å². The molecule has 1 aliphatic rings. The van der Waals surface area contributed by atoms with E-state index in [1.165, 1.54) is 25.2 Å². The first-order chi connectivity index (χ1) is 12.7. The second-order valence-electron chi connectivity index (χ2n) is 7.04. The minimum Gasteiger partial charge on any atom is -0.790 e. The molecule has 0 radical (unpaired) electrons. The van der Waals surface area contributed by atoms with Crippen molar-refractivity contribution >= 4 is 18.2 Å². The maximum absolute atomic E-state index is 12.4. The second-order valence-corrected chi connectivity index (χ2v) is 9.06. The molecule has 27 heavy (non-hydrogen) atoms. The fourth-order valence-corrected chi connectivity index (χ4v) is 4.57. The fourth-order valence-electron chi connectivity index (χ4n) is 3.13. The first-order valence-electron chi connectivity index (χ1n) is 9.12. The van der Waals surface area contributed by atoms with Crippen LogP contribution in [0, 0.1) is 20.8 Å². The number of likely N-dealkylation sites (N-methyl/N-ethyl adjacent to an activating group) is 1.